The van der Waals surface area contributed by atoms with Crippen molar-refractivity contribution in [1.82, 2.24) is 9.80 Å². The molecule has 2 aliphatic heterocycles. The first kappa shape index (κ1) is 12.9. The Morgan fingerprint density at radius 2 is 1.88 bits per heavy atom. The highest BCUT2D eigenvalue weighted by molar-refractivity contribution is 5.78. The lowest BCUT2D eigenvalue weighted by Gasteiger charge is -2.44. The SMILES string of the molecule is CCN1CCC2(CCN(C(C)(C)C)C(=O)C2)C1. The van der Waals surface area contributed by atoms with Crippen molar-refractivity contribution < 1.29 is 4.79 Å². The molecule has 3 heteroatoms. The van der Waals surface area contributed by atoms with Crippen LogP contribution in [0, 0.1) is 5.41 Å². The highest BCUT2D eigenvalue weighted by atomic mass is 16.2. The fourth-order valence-corrected chi connectivity index (χ4v) is 3.33. The van der Waals surface area contributed by atoms with Crippen LogP contribution in [0.25, 0.3) is 0 Å². The van der Waals surface area contributed by atoms with Crippen LogP contribution in [-0.2, 0) is 4.79 Å². The molecule has 0 saturated carbocycles. The van der Waals surface area contributed by atoms with E-state index in [1.54, 1.807) is 0 Å². The van der Waals surface area contributed by atoms with Gasteiger partial charge >= 0.3 is 0 Å². The number of nitrogens with zero attached hydrogens (tertiary/aromatic N) is 2. The molecule has 2 aliphatic rings. The van der Waals surface area contributed by atoms with Gasteiger partial charge in [-0.05, 0) is 52.1 Å². The Labute approximate surface area is 105 Å². The molecule has 1 atom stereocenters. The predicted molar refractivity (Wildman–Crippen MR) is 69.9 cm³/mol. The van der Waals surface area contributed by atoms with Gasteiger partial charge in [0.05, 0.1) is 0 Å². The average Bonchev–Trinajstić information content (AvgIpc) is 2.59. The van der Waals surface area contributed by atoms with Crippen molar-refractivity contribution in [3.63, 3.8) is 0 Å². The third kappa shape index (κ3) is 2.49. The molecule has 1 unspecified atom stereocenters. The summed E-state index contributed by atoms with van der Waals surface area (Å²) in [7, 11) is 0. The number of amides is 1. The van der Waals surface area contributed by atoms with E-state index in [2.05, 4.69) is 37.5 Å². The molecule has 0 bridgehead atoms. The minimum atomic E-state index is -0.0122. The molecule has 3 nitrogen and oxygen atoms in total. The molecule has 2 fully saturated rings. The maximum atomic E-state index is 12.3. The monoisotopic (exact) mass is 238 g/mol. The zero-order valence-electron chi connectivity index (χ0n) is 11.8. The smallest absolute Gasteiger partial charge is 0.223 e. The molecule has 0 aromatic heterocycles. The Hall–Kier alpha value is -0.570. The van der Waals surface area contributed by atoms with Crippen LogP contribution in [0.15, 0.2) is 0 Å². The Kier molecular flexibility index (Phi) is 3.23. The van der Waals surface area contributed by atoms with E-state index in [4.69, 9.17) is 0 Å². The third-order valence-electron chi connectivity index (χ3n) is 4.47. The van der Waals surface area contributed by atoms with Gasteiger partial charge in [-0.3, -0.25) is 4.79 Å². The second-order valence-electron chi connectivity index (χ2n) is 6.76. The van der Waals surface area contributed by atoms with Gasteiger partial charge in [-0.15, -0.1) is 0 Å². The molecule has 2 heterocycles. The van der Waals surface area contributed by atoms with Gasteiger partial charge < -0.3 is 9.80 Å². The van der Waals surface area contributed by atoms with Crippen LogP contribution in [-0.4, -0.2) is 47.4 Å². The van der Waals surface area contributed by atoms with Gasteiger partial charge in [-0.1, -0.05) is 6.92 Å². The molecule has 0 aromatic carbocycles. The number of likely N-dealkylation sites (tertiary alicyclic amines) is 2. The van der Waals surface area contributed by atoms with Crippen molar-refractivity contribution in [2.24, 2.45) is 5.41 Å². The molecule has 17 heavy (non-hydrogen) atoms. The van der Waals surface area contributed by atoms with E-state index in [0.29, 0.717) is 11.3 Å². The van der Waals surface area contributed by atoms with Crippen molar-refractivity contribution in [3.05, 3.63) is 0 Å². The van der Waals surface area contributed by atoms with E-state index in [9.17, 15) is 4.79 Å². The molecule has 1 amide bonds. The van der Waals surface area contributed by atoms with E-state index < -0.39 is 0 Å². The summed E-state index contributed by atoms with van der Waals surface area (Å²) in [6, 6.07) is 0. The van der Waals surface area contributed by atoms with Crippen LogP contribution >= 0.6 is 0 Å². The first-order valence-corrected chi connectivity index (χ1v) is 6.89. The van der Waals surface area contributed by atoms with Gasteiger partial charge in [0.1, 0.15) is 0 Å². The predicted octanol–water partition coefficient (Wildman–Crippen LogP) is 2.12. The summed E-state index contributed by atoms with van der Waals surface area (Å²) in [4.78, 5) is 16.9. The normalized spacial score (nSPS) is 31.5. The topological polar surface area (TPSA) is 23.6 Å². The van der Waals surface area contributed by atoms with Gasteiger partial charge in [-0.25, -0.2) is 0 Å². The number of hydrogen-bond acceptors (Lipinski definition) is 2. The van der Waals surface area contributed by atoms with Crippen LogP contribution in [0.2, 0.25) is 0 Å². The van der Waals surface area contributed by atoms with Gasteiger partial charge in [0.15, 0.2) is 0 Å². The lowest BCUT2D eigenvalue weighted by Crippen LogP contribution is -2.53. The molecule has 2 saturated heterocycles. The van der Waals surface area contributed by atoms with E-state index in [0.717, 1.165) is 26.1 Å². The fourth-order valence-electron chi connectivity index (χ4n) is 3.33. The van der Waals surface area contributed by atoms with Crippen molar-refractivity contribution in [1.29, 1.82) is 0 Å². The zero-order valence-corrected chi connectivity index (χ0v) is 11.8. The summed E-state index contributed by atoms with van der Waals surface area (Å²) in [5.74, 6) is 0.363. The van der Waals surface area contributed by atoms with Crippen molar-refractivity contribution >= 4 is 5.91 Å². The van der Waals surface area contributed by atoms with Crippen molar-refractivity contribution in [3.8, 4) is 0 Å². The fraction of sp³-hybridized carbons (Fsp3) is 0.929. The number of piperidine rings is 1. The molecular formula is C14H26N2O. The summed E-state index contributed by atoms with van der Waals surface area (Å²) in [5, 5.41) is 0. The standard InChI is InChI=1S/C14H26N2O/c1-5-15-8-6-14(11-15)7-9-16(12(17)10-14)13(2,3)4/h5-11H2,1-4H3. The molecule has 2 rings (SSSR count). The molecule has 1 spiro atoms. The van der Waals surface area contributed by atoms with E-state index in [1.807, 2.05) is 0 Å². The number of hydrogen-bond donors (Lipinski definition) is 0. The lowest BCUT2D eigenvalue weighted by molar-refractivity contribution is -0.143. The quantitative estimate of drug-likeness (QED) is 0.698. The van der Waals surface area contributed by atoms with E-state index in [1.165, 1.54) is 19.4 Å². The number of carbonyl (C=O) groups excluding carboxylic acids is 1. The second-order valence-corrected chi connectivity index (χ2v) is 6.76. The Morgan fingerprint density at radius 1 is 1.24 bits per heavy atom. The molecule has 0 N–H and O–H groups in total. The molecular weight excluding hydrogens is 212 g/mol. The van der Waals surface area contributed by atoms with Gasteiger partial charge in [-0.2, -0.15) is 0 Å². The summed E-state index contributed by atoms with van der Waals surface area (Å²) in [6.45, 7) is 13.0. The van der Waals surface area contributed by atoms with Crippen LogP contribution < -0.4 is 0 Å². The van der Waals surface area contributed by atoms with Crippen molar-refractivity contribution in [2.45, 2.75) is 52.5 Å². The van der Waals surface area contributed by atoms with Gasteiger partial charge in [0.2, 0.25) is 5.91 Å². The van der Waals surface area contributed by atoms with E-state index in [-0.39, 0.29) is 5.54 Å². The minimum Gasteiger partial charge on any atom is -0.338 e. The van der Waals surface area contributed by atoms with Crippen LogP contribution in [0.1, 0.15) is 47.0 Å². The van der Waals surface area contributed by atoms with E-state index >= 15 is 0 Å². The first-order valence-electron chi connectivity index (χ1n) is 6.89. The maximum absolute atomic E-state index is 12.3. The average molecular weight is 238 g/mol. The lowest BCUT2D eigenvalue weighted by atomic mass is 9.76. The highest BCUT2D eigenvalue weighted by Crippen LogP contribution is 2.41. The number of rotatable bonds is 1. The molecule has 0 aromatic rings. The maximum Gasteiger partial charge on any atom is 0.223 e. The molecule has 98 valence electrons. The highest BCUT2D eigenvalue weighted by Gasteiger charge is 2.45. The summed E-state index contributed by atoms with van der Waals surface area (Å²) in [6.07, 6.45) is 3.16. The van der Waals surface area contributed by atoms with Gasteiger partial charge in [0, 0.05) is 25.0 Å². The Balaban J connectivity index is 2.03. The third-order valence-corrected chi connectivity index (χ3v) is 4.47. The molecule has 0 radical (unpaired) electrons. The summed E-state index contributed by atoms with van der Waals surface area (Å²) >= 11 is 0. The summed E-state index contributed by atoms with van der Waals surface area (Å²) < 4.78 is 0. The Bertz CT molecular complexity index is 308. The van der Waals surface area contributed by atoms with Crippen LogP contribution in [0.4, 0.5) is 0 Å². The minimum absolute atomic E-state index is 0.0122. The molecule has 0 aliphatic carbocycles. The van der Waals surface area contributed by atoms with Crippen LogP contribution in [0.3, 0.4) is 0 Å². The second kappa shape index (κ2) is 4.27. The largest absolute Gasteiger partial charge is 0.338 e. The zero-order chi connectivity index (χ0) is 12.7. The Morgan fingerprint density at radius 3 is 2.35 bits per heavy atom. The summed E-state index contributed by atoms with van der Waals surface area (Å²) in [5.41, 5.74) is 0.288. The van der Waals surface area contributed by atoms with Crippen molar-refractivity contribution in [2.75, 3.05) is 26.2 Å². The number of carbonyl (C=O) groups is 1. The van der Waals surface area contributed by atoms with Crippen LogP contribution in [0.5, 0.6) is 0 Å². The van der Waals surface area contributed by atoms with Gasteiger partial charge in [0.25, 0.3) is 0 Å². The first-order chi connectivity index (χ1) is 7.86.